The summed E-state index contributed by atoms with van der Waals surface area (Å²) in [5.41, 5.74) is 0.343. The molecule has 0 aliphatic carbocycles. The van der Waals surface area contributed by atoms with Crippen LogP contribution in [0.5, 0.6) is 0 Å². The Morgan fingerprint density at radius 3 is 2.55 bits per heavy atom. The molecule has 2 heterocycles. The highest BCUT2D eigenvalue weighted by molar-refractivity contribution is 9.10. The summed E-state index contributed by atoms with van der Waals surface area (Å²) in [6, 6.07) is 3.70. The average molecular weight is 371 g/mol. The van der Waals surface area contributed by atoms with Gasteiger partial charge in [-0.1, -0.05) is 6.07 Å². The Morgan fingerprint density at radius 1 is 1.41 bits per heavy atom. The molecule has 0 radical (unpaired) electrons. The first-order valence-electron chi connectivity index (χ1n) is 7.54. The van der Waals surface area contributed by atoms with Gasteiger partial charge >= 0.3 is 6.09 Å². The maximum absolute atomic E-state index is 12.0. The van der Waals surface area contributed by atoms with Gasteiger partial charge in [-0.05, 0) is 67.1 Å². The monoisotopic (exact) mass is 370 g/mol. The number of piperidine rings is 1. The highest BCUT2D eigenvalue weighted by atomic mass is 79.9. The van der Waals surface area contributed by atoms with Crippen molar-refractivity contribution < 1.29 is 14.6 Å². The molecule has 22 heavy (non-hydrogen) atoms. The molecule has 1 atom stereocenters. The van der Waals surface area contributed by atoms with Gasteiger partial charge in [0.15, 0.2) is 0 Å². The number of ether oxygens (including phenoxy) is 1. The molecular formula is C16H23BrN2O3. The van der Waals surface area contributed by atoms with Gasteiger partial charge in [0.1, 0.15) is 10.2 Å². The fraction of sp³-hybridized carbons (Fsp3) is 0.625. The molecule has 5 nitrogen and oxygen atoms in total. The van der Waals surface area contributed by atoms with Gasteiger partial charge in [-0.2, -0.15) is 0 Å². The van der Waals surface area contributed by atoms with Crippen molar-refractivity contribution in [2.24, 2.45) is 5.92 Å². The Balaban J connectivity index is 1.89. The number of carbonyl (C=O) groups is 1. The number of hydrogen-bond donors (Lipinski definition) is 1. The molecule has 1 aromatic rings. The van der Waals surface area contributed by atoms with Crippen LogP contribution in [0.2, 0.25) is 0 Å². The first-order chi connectivity index (χ1) is 10.3. The van der Waals surface area contributed by atoms with Gasteiger partial charge in [-0.25, -0.2) is 9.78 Å². The largest absolute Gasteiger partial charge is 0.444 e. The number of hydrogen-bond acceptors (Lipinski definition) is 4. The van der Waals surface area contributed by atoms with Gasteiger partial charge in [0.05, 0.1) is 6.10 Å². The lowest BCUT2D eigenvalue weighted by atomic mass is 9.88. The van der Waals surface area contributed by atoms with E-state index in [1.165, 1.54) is 0 Å². The molecule has 1 amide bonds. The number of halogens is 1. The summed E-state index contributed by atoms with van der Waals surface area (Å²) in [6.07, 6.45) is 2.40. The molecule has 122 valence electrons. The number of aliphatic hydroxyl groups is 1. The van der Waals surface area contributed by atoms with E-state index in [9.17, 15) is 9.90 Å². The smallest absolute Gasteiger partial charge is 0.410 e. The van der Waals surface area contributed by atoms with E-state index in [4.69, 9.17) is 4.74 Å². The van der Waals surface area contributed by atoms with Crippen LogP contribution in [0.3, 0.4) is 0 Å². The molecule has 6 heteroatoms. The van der Waals surface area contributed by atoms with Crippen LogP contribution in [-0.4, -0.2) is 39.8 Å². The second-order valence-electron chi connectivity index (χ2n) is 6.66. The van der Waals surface area contributed by atoms with E-state index in [1.807, 2.05) is 32.9 Å². The molecule has 0 aromatic carbocycles. The summed E-state index contributed by atoms with van der Waals surface area (Å²) in [6.45, 7) is 6.81. The second-order valence-corrected chi connectivity index (χ2v) is 7.48. The summed E-state index contributed by atoms with van der Waals surface area (Å²) in [5.74, 6) is 0.140. The summed E-state index contributed by atoms with van der Waals surface area (Å²) >= 11 is 3.29. The zero-order valence-corrected chi connectivity index (χ0v) is 14.8. The number of aromatic nitrogens is 1. The van der Waals surface area contributed by atoms with Crippen molar-refractivity contribution in [2.75, 3.05) is 13.1 Å². The number of pyridine rings is 1. The Hall–Kier alpha value is -1.14. The van der Waals surface area contributed by atoms with Crippen molar-refractivity contribution >= 4 is 22.0 Å². The Morgan fingerprint density at radius 2 is 2.05 bits per heavy atom. The van der Waals surface area contributed by atoms with Gasteiger partial charge in [0.25, 0.3) is 0 Å². The molecular weight excluding hydrogens is 348 g/mol. The highest BCUT2D eigenvalue weighted by Gasteiger charge is 2.30. The maximum atomic E-state index is 12.0. The van der Waals surface area contributed by atoms with Gasteiger partial charge < -0.3 is 14.7 Å². The molecule has 1 fully saturated rings. The molecule has 1 aromatic heterocycles. The lowest BCUT2D eigenvalue weighted by Crippen LogP contribution is -2.42. The van der Waals surface area contributed by atoms with Crippen LogP contribution < -0.4 is 0 Å². The molecule has 1 unspecified atom stereocenters. The van der Waals surface area contributed by atoms with E-state index in [1.54, 1.807) is 11.1 Å². The number of rotatable bonds is 2. The van der Waals surface area contributed by atoms with Gasteiger partial charge in [0.2, 0.25) is 0 Å². The van der Waals surface area contributed by atoms with Gasteiger partial charge in [-0.15, -0.1) is 0 Å². The van der Waals surface area contributed by atoms with E-state index >= 15 is 0 Å². The minimum Gasteiger partial charge on any atom is -0.444 e. The fourth-order valence-corrected chi connectivity index (χ4v) is 2.79. The van der Waals surface area contributed by atoms with Gasteiger partial charge in [0, 0.05) is 19.3 Å². The van der Waals surface area contributed by atoms with Crippen LogP contribution in [-0.2, 0) is 4.74 Å². The first kappa shape index (κ1) is 17.2. The molecule has 1 aliphatic heterocycles. The van der Waals surface area contributed by atoms with E-state index in [0.29, 0.717) is 13.1 Å². The fourth-order valence-electron chi connectivity index (χ4n) is 2.56. The highest BCUT2D eigenvalue weighted by Crippen LogP contribution is 2.31. The van der Waals surface area contributed by atoms with Crippen LogP contribution in [0, 0.1) is 5.92 Å². The molecule has 0 spiro atoms. The third kappa shape index (κ3) is 4.68. The molecule has 1 saturated heterocycles. The molecule has 1 N–H and O–H groups in total. The average Bonchev–Trinajstić information content (AvgIpc) is 2.46. The lowest BCUT2D eigenvalue weighted by molar-refractivity contribution is 0.00762. The Labute approximate surface area is 139 Å². The van der Waals surface area contributed by atoms with Crippen LogP contribution in [0.4, 0.5) is 4.79 Å². The Kier molecular flexibility index (Phi) is 5.45. The summed E-state index contributed by atoms with van der Waals surface area (Å²) < 4.78 is 6.13. The normalized spacial score (nSPS) is 18.1. The van der Waals surface area contributed by atoms with Crippen molar-refractivity contribution in [1.82, 2.24) is 9.88 Å². The topological polar surface area (TPSA) is 62.7 Å². The number of carbonyl (C=O) groups excluding carboxylic acids is 1. The number of nitrogens with zero attached hydrogens (tertiary/aromatic N) is 2. The number of amides is 1. The zero-order valence-electron chi connectivity index (χ0n) is 13.3. The summed E-state index contributed by atoms with van der Waals surface area (Å²) in [7, 11) is 0. The molecule has 0 saturated carbocycles. The van der Waals surface area contributed by atoms with Crippen molar-refractivity contribution in [3.8, 4) is 0 Å². The first-order valence-corrected chi connectivity index (χ1v) is 8.33. The quantitative estimate of drug-likeness (QED) is 0.808. The van der Waals surface area contributed by atoms with Crippen LogP contribution in [0.1, 0.15) is 45.3 Å². The standard InChI is InChI=1S/C16H23BrN2O3/c1-16(2,3)22-15(21)19-8-6-11(7-9-19)14(20)12-4-5-13(17)18-10-12/h4-5,10-11,14,20H,6-9H2,1-3H3. The predicted molar refractivity (Wildman–Crippen MR) is 87.4 cm³/mol. The molecule has 2 rings (SSSR count). The minimum absolute atomic E-state index is 0.140. The van der Waals surface area contributed by atoms with Crippen LogP contribution >= 0.6 is 15.9 Å². The second kappa shape index (κ2) is 6.96. The van der Waals surface area contributed by atoms with E-state index < -0.39 is 11.7 Å². The van der Waals surface area contributed by atoms with E-state index in [0.717, 1.165) is 23.0 Å². The number of likely N-dealkylation sites (tertiary alicyclic amines) is 1. The third-order valence-electron chi connectivity index (χ3n) is 3.73. The summed E-state index contributed by atoms with van der Waals surface area (Å²) in [5, 5.41) is 10.5. The van der Waals surface area contributed by atoms with Gasteiger partial charge in [-0.3, -0.25) is 0 Å². The zero-order chi connectivity index (χ0) is 16.3. The SMILES string of the molecule is CC(C)(C)OC(=O)N1CCC(C(O)c2ccc(Br)nc2)CC1. The lowest BCUT2D eigenvalue weighted by Gasteiger charge is -2.35. The number of aliphatic hydroxyl groups excluding tert-OH is 1. The van der Waals surface area contributed by atoms with Crippen LogP contribution in [0.25, 0.3) is 0 Å². The minimum atomic E-state index is -0.540. The van der Waals surface area contributed by atoms with E-state index in [-0.39, 0.29) is 12.0 Å². The van der Waals surface area contributed by atoms with Crippen molar-refractivity contribution in [3.05, 3.63) is 28.5 Å². The van der Waals surface area contributed by atoms with Crippen molar-refractivity contribution in [2.45, 2.75) is 45.3 Å². The Bertz CT molecular complexity index is 505. The van der Waals surface area contributed by atoms with Crippen molar-refractivity contribution in [1.29, 1.82) is 0 Å². The third-order valence-corrected chi connectivity index (χ3v) is 4.20. The van der Waals surface area contributed by atoms with E-state index in [2.05, 4.69) is 20.9 Å². The molecule has 1 aliphatic rings. The predicted octanol–water partition coefficient (Wildman–Crippen LogP) is 3.52. The maximum Gasteiger partial charge on any atom is 0.410 e. The summed E-state index contributed by atoms with van der Waals surface area (Å²) in [4.78, 5) is 17.9. The van der Waals surface area contributed by atoms with Crippen LogP contribution in [0.15, 0.2) is 22.9 Å². The van der Waals surface area contributed by atoms with Crippen molar-refractivity contribution in [3.63, 3.8) is 0 Å². The molecule has 0 bridgehead atoms.